The monoisotopic (exact) mass is 392 g/mol. The smallest absolute Gasteiger partial charge is 0.211 e. The van der Waals surface area contributed by atoms with Gasteiger partial charge in [-0.25, -0.2) is 12.7 Å². The maximum atomic E-state index is 12.2. The van der Waals surface area contributed by atoms with Gasteiger partial charge in [-0.2, -0.15) is 5.26 Å². The maximum absolute atomic E-state index is 12.2. The van der Waals surface area contributed by atoms with Crippen LogP contribution >= 0.6 is 0 Å². The van der Waals surface area contributed by atoms with Crippen LogP contribution in [-0.2, 0) is 21.2 Å². The molecule has 0 amide bonds. The molecule has 0 spiro atoms. The molecule has 2 aliphatic rings. The Kier molecular flexibility index (Phi) is 6.84. The van der Waals surface area contributed by atoms with Gasteiger partial charge in [0.25, 0.3) is 0 Å². The van der Waals surface area contributed by atoms with E-state index < -0.39 is 10.0 Å². The van der Waals surface area contributed by atoms with Crippen LogP contribution in [0.25, 0.3) is 0 Å². The molecule has 2 bridgehead atoms. The van der Waals surface area contributed by atoms with Gasteiger partial charge in [0.15, 0.2) is 0 Å². The number of rotatable bonds is 8. The van der Waals surface area contributed by atoms with Crippen LogP contribution in [0.1, 0.15) is 17.5 Å². The summed E-state index contributed by atoms with van der Waals surface area (Å²) in [6.45, 7) is 5.20. The van der Waals surface area contributed by atoms with Crippen LogP contribution in [0.5, 0.6) is 0 Å². The first kappa shape index (κ1) is 20.2. The Labute approximate surface area is 162 Å². The van der Waals surface area contributed by atoms with E-state index in [-0.39, 0.29) is 12.2 Å². The predicted molar refractivity (Wildman–Crippen MR) is 104 cm³/mol. The first-order valence-corrected chi connectivity index (χ1v) is 11.3. The summed E-state index contributed by atoms with van der Waals surface area (Å²) in [6, 6.07) is 9.57. The van der Waals surface area contributed by atoms with Crippen molar-refractivity contribution >= 4 is 10.0 Å². The van der Waals surface area contributed by atoms with Gasteiger partial charge in [-0.1, -0.05) is 12.1 Å². The Bertz CT molecular complexity index is 748. The third-order valence-corrected chi connectivity index (χ3v) is 6.45. The molecule has 1 aromatic carbocycles. The predicted octanol–water partition coefficient (Wildman–Crippen LogP) is 0.425. The van der Waals surface area contributed by atoms with Crippen molar-refractivity contribution < 1.29 is 13.2 Å². The van der Waals surface area contributed by atoms with Gasteiger partial charge >= 0.3 is 0 Å². The van der Waals surface area contributed by atoms with E-state index in [1.54, 1.807) is 16.4 Å². The number of hydrogen-bond acceptors (Lipinski definition) is 6. The minimum atomic E-state index is -3.23. The van der Waals surface area contributed by atoms with Gasteiger partial charge in [-0.15, -0.1) is 0 Å². The molecule has 2 atom stereocenters. The van der Waals surface area contributed by atoms with Crippen molar-refractivity contribution in [3.63, 3.8) is 0 Å². The van der Waals surface area contributed by atoms with Crippen molar-refractivity contribution in [1.82, 2.24) is 14.5 Å². The van der Waals surface area contributed by atoms with Gasteiger partial charge in [-0.05, 0) is 30.5 Å². The normalized spacial score (nSPS) is 23.3. The lowest BCUT2D eigenvalue weighted by Crippen LogP contribution is -2.59. The van der Waals surface area contributed by atoms with Crippen LogP contribution in [0.4, 0.5) is 0 Å². The number of aryl methyl sites for hydroxylation is 1. The van der Waals surface area contributed by atoms with E-state index in [1.807, 2.05) is 12.1 Å². The molecular formula is C19H28N4O3S. The lowest BCUT2D eigenvalue weighted by atomic mass is 10.1. The highest BCUT2D eigenvalue weighted by Crippen LogP contribution is 2.14. The van der Waals surface area contributed by atoms with Crippen molar-refractivity contribution in [2.75, 3.05) is 52.1 Å². The number of morpholine rings is 2. The van der Waals surface area contributed by atoms with Crippen molar-refractivity contribution in [2.24, 2.45) is 0 Å². The molecule has 7 nitrogen and oxygen atoms in total. The minimum absolute atomic E-state index is 0.209. The van der Waals surface area contributed by atoms with Crippen LogP contribution in [0, 0.1) is 11.3 Å². The van der Waals surface area contributed by atoms with Crippen LogP contribution in [-0.4, -0.2) is 81.9 Å². The van der Waals surface area contributed by atoms with Crippen LogP contribution in [0.3, 0.4) is 0 Å². The molecule has 2 fully saturated rings. The number of hydrogen-bond donors (Lipinski definition) is 1. The van der Waals surface area contributed by atoms with Crippen LogP contribution in [0.2, 0.25) is 0 Å². The highest BCUT2D eigenvalue weighted by atomic mass is 32.2. The molecule has 0 aromatic heterocycles. The van der Waals surface area contributed by atoms with Gasteiger partial charge in [0.05, 0.1) is 30.1 Å². The quantitative estimate of drug-likeness (QED) is 0.690. The molecule has 0 saturated carbocycles. The Morgan fingerprint density at radius 3 is 2.48 bits per heavy atom. The molecule has 1 aromatic rings. The second-order valence-corrected chi connectivity index (χ2v) is 9.35. The highest BCUT2D eigenvalue weighted by Gasteiger charge is 2.31. The second kappa shape index (κ2) is 9.13. The number of nitrogens with one attached hydrogen (secondary N) is 1. The Morgan fingerprint density at radius 1 is 1.22 bits per heavy atom. The third kappa shape index (κ3) is 5.99. The lowest BCUT2D eigenvalue weighted by Gasteiger charge is -2.42. The van der Waals surface area contributed by atoms with Gasteiger partial charge in [0.1, 0.15) is 0 Å². The largest absolute Gasteiger partial charge is 0.370 e. The van der Waals surface area contributed by atoms with Gasteiger partial charge in [-0.3, -0.25) is 4.90 Å². The number of nitrogens with zero attached hydrogens (tertiary/aromatic N) is 3. The van der Waals surface area contributed by atoms with Crippen molar-refractivity contribution in [1.29, 1.82) is 5.26 Å². The average molecular weight is 393 g/mol. The lowest BCUT2D eigenvalue weighted by molar-refractivity contribution is -0.103. The molecular weight excluding hydrogens is 364 g/mol. The third-order valence-electron chi connectivity index (χ3n) is 5.14. The summed E-state index contributed by atoms with van der Waals surface area (Å²) in [5.41, 5.74) is 1.76. The summed E-state index contributed by atoms with van der Waals surface area (Å²) >= 11 is 0. The first-order chi connectivity index (χ1) is 12.9. The standard InChI is InChI=1S/C19H28N4O3S/c1-27(24,25)23(8-2-3-16-4-6-17(11-20)7-5-16)10-9-22-14-18-12-21-13-19(15-22)26-18/h4-7,18-19,21H,2-3,8-10,12-15H2,1H3. The maximum Gasteiger partial charge on any atom is 0.211 e. The summed E-state index contributed by atoms with van der Waals surface area (Å²) in [6.07, 6.45) is 3.26. The molecule has 2 aliphatic heterocycles. The molecule has 3 rings (SSSR count). The molecule has 8 heteroatoms. The summed E-state index contributed by atoms with van der Waals surface area (Å²) in [4.78, 5) is 2.32. The van der Waals surface area contributed by atoms with Crippen molar-refractivity contribution in [3.05, 3.63) is 35.4 Å². The van der Waals surface area contributed by atoms with E-state index in [2.05, 4.69) is 16.3 Å². The second-order valence-electron chi connectivity index (χ2n) is 7.37. The fraction of sp³-hybridized carbons (Fsp3) is 0.632. The summed E-state index contributed by atoms with van der Waals surface area (Å²) in [5, 5.41) is 12.2. The number of sulfonamides is 1. The Balaban J connectivity index is 1.48. The average Bonchev–Trinajstić information content (AvgIpc) is 2.63. The SMILES string of the molecule is CS(=O)(=O)N(CCCc1ccc(C#N)cc1)CCN1CC2CNCC(C1)O2. The molecule has 2 saturated heterocycles. The zero-order valence-corrected chi connectivity index (χ0v) is 16.6. The van der Waals surface area contributed by atoms with Gasteiger partial charge in [0.2, 0.25) is 10.0 Å². The first-order valence-electron chi connectivity index (χ1n) is 9.47. The van der Waals surface area contributed by atoms with Gasteiger partial charge < -0.3 is 10.1 Å². The molecule has 27 heavy (non-hydrogen) atoms. The highest BCUT2D eigenvalue weighted by molar-refractivity contribution is 7.88. The number of benzene rings is 1. The van der Waals surface area contributed by atoms with E-state index in [0.29, 0.717) is 18.7 Å². The fourth-order valence-electron chi connectivity index (χ4n) is 3.72. The van der Waals surface area contributed by atoms with E-state index in [9.17, 15) is 8.42 Å². The summed E-state index contributed by atoms with van der Waals surface area (Å²) in [7, 11) is -3.23. The molecule has 0 aliphatic carbocycles. The summed E-state index contributed by atoms with van der Waals surface area (Å²) in [5.74, 6) is 0. The van der Waals surface area contributed by atoms with Crippen molar-refractivity contribution in [2.45, 2.75) is 25.0 Å². The van der Waals surface area contributed by atoms with E-state index in [1.165, 1.54) is 6.26 Å². The van der Waals surface area contributed by atoms with Crippen molar-refractivity contribution in [3.8, 4) is 6.07 Å². The molecule has 0 radical (unpaired) electrons. The summed E-state index contributed by atoms with van der Waals surface area (Å²) < 4.78 is 31.8. The molecule has 148 valence electrons. The number of nitriles is 1. The molecule has 2 unspecified atom stereocenters. The van der Waals surface area contributed by atoms with Crippen LogP contribution in [0.15, 0.2) is 24.3 Å². The van der Waals surface area contributed by atoms with E-state index in [4.69, 9.17) is 10.00 Å². The number of ether oxygens (including phenoxy) is 1. The number of fused-ring (bicyclic) bond motifs is 2. The zero-order valence-electron chi connectivity index (χ0n) is 15.8. The van der Waals surface area contributed by atoms with Gasteiger partial charge in [0, 0.05) is 45.8 Å². The Morgan fingerprint density at radius 2 is 1.89 bits per heavy atom. The van der Waals surface area contributed by atoms with E-state index in [0.717, 1.165) is 51.1 Å². The Hall–Kier alpha value is -1.50. The minimum Gasteiger partial charge on any atom is -0.370 e. The van der Waals surface area contributed by atoms with Crippen LogP contribution < -0.4 is 5.32 Å². The molecule has 1 N–H and O–H groups in total. The molecule has 2 heterocycles. The van der Waals surface area contributed by atoms with E-state index >= 15 is 0 Å². The zero-order chi connectivity index (χ0) is 19.3. The topological polar surface area (TPSA) is 85.7 Å². The fourth-order valence-corrected chi connectivity index (χ4v) is 4.60.